The lowest BCUT2D eigenvalue weighted by atomic mass is 10.2. The molecule has 0 bridgehead atoms. The van der Waals surface area contributed by atoms with Gasteiger partial charge in [0, 0.05) is 0 Å². The Balaban J connectivity index is 2.44. The topological polar surface area (TPSA) is 0 Å². The molecule has 1 aromatic carbocycles. The van der Waals surface area contributed by atoms with Gasteiger partial charge in [-0.25, -0.2) is 0 Å². The van der Waals surface area contributed by atoms with E-state index < -0.39 is 0 Å². The van der Waals surface area contributed by atoms with Crippen LogP contribution in [0.2, 0.25) is 0 Å². The minimum Gasteiger partial charge on any atom is -0.193 e. The summed E-state index contributed by atoms with van der Waals surface area (Å²) in [6, 6.07) is 10.7. The van der Waals surface area contributed by atoms with Crippen molar-refractivity contribution >= 4 is 28.4 Å². The van der Waals surface area contributed by atoms with Crippen molar-refractivity contribution in [1.82, 2.24) is 0 Å². The van der Waals surface area contributed by atoms with Crippen molar-refractivity contribution in [2.75, 3.05) is 18.3 Å². The summed E-state index contributed by atoms with van der Waals surface area (Å²) in [4.78, 5) is 0. The highest BCUT2D eigenvalue weighted by molar-refractivity contribution is 14.2. The molecule has 0 unspecified atom stereocenters. The van der Waals surface area contributed by atoms with Crippen molar-refractivity contribution in [1.29, 1.82) is 0 Å². The molecule has 0 fully saturated rings. The lowest BCUT2D eigenvalue weighted by Crippen LogP contribution is -1.96. The van der Waals surface area contributed by atoms with E-state index in [4.69, 9.17) is 0 Å². The van der Waals surface area contributed by atoms with Gasteiger partial charge >= 0.3 is 0 Å². The maximum absolute atomic E-state index is 2.59. The van der Waals surface area contributed by atoms with E-state index in [9.17, 15) is 0 Å². The second-order valence-corrected chi connectivity index (χ2v) is 13.7. The molecule has 0 heterocycles. The molecule has 0 aliphatic rings. The van der Waals surface area contributed by atoms with Gasteiger partial charge in [-0.2, -0.15) is 7.20 Å². The molecule has 1 aromatic rings. The van der Waals surface area contributed by atoms with E-state index in [2.05, 4.69) is 64.0 Å². The molecule has 0 aliphatic heterocycles. The van der Waals surface area contributed by atoms with Gasteiger partial charge in [0.25, 0.3) is 0 Å². The number of hydrogen-bond donors (Lipinski definition) is 0. The number of rotatable bonds is 3. The zero-order chi connectivity index (χ0) is 9.03. The summed E-state index contributed by atoms with van der Waals surface area (Å²) in [6.07, 6.45) is 5.94. The molecule has 0 amide bonds. The summed E-state index contributed by atoms with van der Waals surface area (Å²) in [7, 11) is -0.352. The fraction of sp³-hybridized carbons (Fsp3) is 0.400. The molecular weight excluding hydrogens is 279 g/mol. The summed E-state index contributed by atoms with van der Waals surface area (Å²) < 4.78 is 0. The Bertz CT molecular complexity index is 225. The van der Waals surface area contributed by atoms with Crippen LogP contribution < -0.4 is 0 Å². The van der Waals surface area contributed by atoms with Crippen LogP contribution in [0.1, 0.15) is 5.56 Å². The maximum Gasteiger partial charge on any atom is -0.0108 e. The molecule has 0 saturated heterocycles. The van der Waals surface area contributed by atoms with Crippen molar-refractivity contribution in [2.24, 2.45) is 0 Å². The molecule has 0 aromatic heterocycles. The lowest BCUT2D eigenvalue weighted by Gasteiger charge is -2.21. The van der Waals surface area contributed by atoms with Crippen LogP contribution in [0.3, 0.4) is 0 Å². The Kier molecular flexibility index (Phi) is 3.90. The Hall–Kier alpha value is 0.300. The SMILES string of the molecule is CS(C)(I)CCc1ccccc1. The van der Waals surface area contributed by atoms with E-state index in [0.29, 0.717) is 0 Å². The highest BCUT2D eigenvalue weighted by Crippen LogP contribution is 2.48. The molecule has 0 nitrogen and oxygen atoms in total. The van der Waals surface area contributed by atoms with Gasteiger partial charge in [-0.3, -0.25) is 0 Å². The molecule has 0 N–H and O–H groups in total. The minimum atomic E-state index is -0.352. The second-order valence-electron chi connectivity index (χ2n) is 3.34. The number of aryl methyl sites for hydroxylation is 1. The first kappa shape index (κ1) is 10.4. The predicted octanol–water partition coefficient (Wildman–Crippen LogP) is 3.64. The van der Waals surface area contributed by atoms with Crippen LogP contribution in [0.15, 0.2) is 30.3 Å². The van der Waals surface area contributed by atoms with Crippen molar-refractivity contribution in [3.63, 3.8) is 0 Å². The van der Waals surface area contributed by atoms with Crippen LogP contribution in [0, 0.1) is 0 Å². The molecule has 0 spiro atoms. The van der Waals surface area contributed by atoms with Crippen LogP contribution in [0.25, 0.3) is 0 Å². The van der Waals surface area contributed by atoms with Crippen molar-refractivity contribution < 1.29 is 0 Å². The highest BCUT2D eigenvalue weighted by atomic mass is 127. The third-order valence-corrected chi connectivity index (χ3v) is 4.22. The standard InChI is InChI=1S/C10H15IS/c1-12(2,11)9-8-10-6-4-3-5-7-10/h3-7H,8-9H2,1-2H3. The summed E-state index contributed by atoms with van der Waals surface area (Å²) >= 11 is 2.59. The Morgan fingerprint density at radius 1 is 1.17 bits per heavy atom. The molecule has 0 aliphatic carbocycles. The molecule has 68 valence electrons. The molecular formula is C10H15IS. The van der Waals surface area contributed by atoms with E-state index in [1.54, 1.807) is 0 Å². The van der Waals surface area contributed by atoms with E-state index in [-0.39, 0.29) is 7.20 Å². The van der Waals surface area contributed by atoms with Crippen LogP contribution >= 0.6 is 28.4 Å². The van der Waals surface area contributed by atoms with Gasteiger partial charge in [-0.15, -0.1) is 0 Å². The molecule has 0 saturated carbocycles. The fourth-order valence-corrected chi connectivity index (χ4v) is 2.39. The van der Waals surface area contributed by atoms with E-state index in [1.165, 1.54) is 17.7 Å². The van der Waals surface area contributed by atoms with Crippen LogP contribution in [-0.4, -0.2) is 18.3 Å². The van der Waals surface area contributed by atoms with Crippen LogP contribution in [0.5, 0.6) is 0 Å². The van der Waals surface area contributed by atoms with E-state index >= 15 is 0 Å². The second kappa shape index (κ2) is 4.51. The number of hydrogen-bond acceptors (Lipinski definition) is 0. The Morgan fingerprint density at radius 3 is 2.25 bits per heavy atom. The minimum absolute atomic E-state index is 0.352. The van der Waals surface area contributed by atoms with Crippen molar-refractivity contribution in [3.8, 4) is 0 Å². The first-order chi connectivity index (χ1) is 5.58. The highest BCUT2D eigenvalue weighted by Gasteiger charge is 2.05. The predicted molar refractivity (Wildman–Crippen MR) is 68.5 cm³/mol. The Morgan fingerprint density at radius 2 is 1.75 bits per heavy atom. The third kappa shape index (κ3) is 4.36. The quantitative estimate of drug-likeness (QED) is 0.747. The molecule has 0 radical (unpaired) electrons. The zero-order valence-electron chi connectivity index (χ0n) is 7.59. The van der Waals surface area contributed by atoms with Gasteiger partial charge in [-0.05, 0) is 51.5 Å². The molecule has 0 atom stereocenters. The van der Waals surface area contributed by atoms with Crippen molar-refractivity contribution in [2.45, 2.75) is 6.42 Å². The third-order valence-electron chi connectivity index (χ3n) is 1.72. The molecule has 12 heavy (non-hydrogen) atoms. The first-order valence-corrected chi connectivity index (χ1v) is 9.19. The van der Waals surface area contributed by atoms with Gasteiger partial charge in [0.2, 0.25) is 0 Å². The van der Waals surface area contributed by atoms with Gasteiger partial charge < -0.3 is 0 Å². The van der Waals surface area contributed by atoms with Crippen LogP contribution in [-0.2, 0) is 6.42 Å². The normalized spacial score (nSPS) is 12.9. The van der Waals surface area contributed by atoms with Crippen LogP contribution in [0.4, 0.5) is 0 Å². The van der Waals surface area contributed by atoms with Gasteiger partial charge in [0.15, 0.2) is 0 Å². The largest absolute Gasteiger partial charge is 0.193 e. The summed E-state index contributed by atoms with van der Waals surface area (Å²) in [5.74, 6) is 1.33. The average Bonchev–Trinajstić information content (AvgIpc) is 2.02. The lowest BCUT2D eigenvalue weighted by molar-refractivity contribution is 1.15. The summed E-state index contributed by atoms with van der Waals surface area (Å²) in [6.45, 7) is 0. The maximum atomic E-state index is 2.59. The van der Waals surface area contributed by atoms with Gasteiger partial charge in [0.05, 0.1) is 0 Å². The fourth-order valence-electron chi connectivity index (χ4n) is 1.01. The average molecular weight is 294 g/mol. The van der Waals surface area contributed by atoms with Gasteiger partial charge in [0.1, 0.15) is 0 Å². The van der Waals surface area contributed by atoms with Crippen molar-refractivity contribution in [3.05, 3.63) is 35.9 Å². The first-order valence-electron chi connectivity index (χ1n) is 4.02. The molecule has 1 rings (SSSR count). The monoisotopic (exact) mass is 294 g/mol. The smallest absolute Gasteiger partial charge is 0.0108 e. The summed E-state index contributed by atoms with van der Waals surface area (Å²) in [5, 5.41) is 0. The van der Waals surface area contributed by atoms with E-state index in [1.807, 2.05) is 0 Å². The Labute approximate surface area is 88.7 Å². The number of benzene rings is 1. The summed E-state index contributed by atoms with van der Waals surface area (Å²) in [5.41, 5.74) is 1.47. The molecule has 2 heteroatoms. The number of halogens is 1. The zero-order valence-corrected chi connectivity index (χ0v) is 10.6. The van der Waals surface area contributed by atoms with Gasteiger partial charge in [-0.1, -0.05) is 30.3 Å². The van der Waals surface area contributed by atoms with E-state index in [0.717, 1.165) is 0 Å².